The van der Waals surface area contributed by atoms with E-state index < -0.39 is 11.7 Å². The lowest BCUT2D eigenvalue weighted by Gasteiger charge is -2.29. The highest BCUT2D eigenvalue weighted by Crippen LogP contribution is 2.30. The van der Waals surface area contributed by atoms with E-state index in [9.17, 15) is 13.2 Å². The fraction of sp³-hybridized carbons (Fsp3) is 0.538. The smallest absolute Gasteiger partial charge is 0.329 e. The van der Waals surface area contributed by atoms with Gasteiger partial charge in [0.15, 0.2) is 0 Å². The van der Waals surface area contributed by atoms with Gasteiger partial charge in [0, 0.05) is 12.6 Å². The maximum Gasteiger partial charge on any atom is 0.416 e. The Bertz CT molecular complexity index is 355. The molecule has 0 radical (unpaired) electrons. The molecule has 1 aromatic carbocycles. The highest BCUT2D eigenvalue weighted by molar-refractivity contribution is 5.27. The summed E-state index contributed by atoms with van der Waals surface area (Å²) >= 11 is 0. The Morgan fingerprint density at radius 2 is 1.61 bits per heavy atom. The van der Waals surface area contributed by atoms with Crippen LogP contribution < -0.4 is 5.73 Å². The molecule has 0 heterocycles. The van der Waals surface area contributed by atoms with Crippen LogP contribution in [0.5, 0.6) is 0 Å². The molecule has 0 saturated carbocycles. The molecule has 0 bridgehead atoms. The minimum Gasteiger partial charge on any atom is -0.329 e. The van der Waals surface area contributed by atoms with Crippen LogP contribution in [0.15, 0.2) is 24.3 Å². The van der Waals surface area contributed by atoms with Crippen molar-refractivity contribution >= 4 is 0 Å². The van der Waals surface area contributed by atoms with Crippen LogP contribution in [0, 0.1) is 0 Å². The molecule has 0 aliphatic rings. The topological polar surface area (TPSA) is 29.3 Å². The predicted octanol–water partition coefficient (Wildman–Crippen LogP) is 3.05. The molecule has 0 fully saturated rings. The quantitative estimate of drug-likeness (QED) is 0.881. The first-order valence-electron chi connectivity index (χ1n) is 6.05. The molecule has 1 atom stereocenters. The fourth-order valence-corrected chi connectivity index (χ4v) is 2.05. The van der Waals surface area contributed by atoms with E-state index in [0.29, 0.717) is 6.54 Å². The van der Waals surface area contributed by atoms with Gasteiger partial charge in [-0.1, -0.05) is 26.0 Å². The second kappa shape index (κ2) is 6.20. The van der Waals surface area contributed by atoms with Crippen molar-refractivity contribution in [3.05, 3.63) is 35.4 Å². The van der Waals surface area contributed by atoms with Crippen molar-refractivity contribution in [3.8, 4) is 0 Å². The van der Waals surface area contributed by atoms with Crippen molar-refractivity contribution in [3.63, 3.8) is 0 Å². The van der Waals surface area contributed by atoms with Crippen LogP contribution in [0.25, 0.3) is 0 Å². The second-order valence-corrected chi connectivity index (χ2v) is 4.09. The molecule has 0 aliphatic carbocycles. The number of benzene rings is 1. The van der Waals surface area contributed by atoms with E-state index in [1.54, 1.807) is 0 Å². The lowest BCUT2D eigenvalue weighted by molar-refractivity contribution is -0.137. The summed E-state index contributed by atoms with van der Waals surface area (Å²) in [5, 5.41) is 0. The third kappa shape index (κ3) is 3.46. The van der Waals surface area contributed by atoms with Crippen molar-refractivity contribution < 1.29 is 13.2 Å². The summed E-state index contributed by atoms with van der Waals surface area (Å²) in [5.41, 5.74) is 5.92. The average Bonchev–Trinajstić information content (AvgIpc) is 2.35. The first kappa shape index (κ1) is 15.0. The molecule has 0 aliphatic heterocycles. The largest absolute Gasteiger partial charge is 0.416 e. The third-order valence-electron chi connectivity index (χ3n) is 3.10. The summed E-state index contributed by atoms with van der Waals surface area (Å²) in [5.74, 6) is 0. The number of nitrogens with zero attached hydrogens (tertiary/aromatic N) is 1. The summed E-state index contributed by atoms with van der Waals surface area (Å²) in [6.45, 7) is 6.05. The zero-order chi connectivity index (χ0) is 13.8. The molecule has 102 valence electrons. The van der Waals surface area contributed by atoms with Gasteiger partial charge < -0.3 is 5.73 Å². The van der Waals surface area contributed by atoms with Crippen molar-refractivity contribution in [1.29, 1.82) is 0 Å². The zero-order valence-corrected chi connectivity index (χ0v) is 10.7. The average molecular weight is 260 g/mol. The molecule has 1 unspecified atom stereocenters. The Morgan fingerprint density at radius 3 is 1.94 bits per heavy atom. The standard InChI is InChI=1S/C13H19F3N2/c1-3-18(4-2)12(9-17)10-5-7-11(8-6-10)13(14,15)16/h5-8,12H,3-4,9,17H2,1-2H3. The molecule has 0 spiro atoms. The van der Waals surface area contributed by atoms with E-state index in [2.05, 4.69) is 4.90 Å². The second-order valence-electron chi connectivity index (χ2n) is 4.09. The number of nitrogens with two attached hydrogens (primary N) is 1. The van der Waals surface area contributed by atoms with Crippen LogP contribution >= 0.6 is 0 Å². The summed E-state index contributed by atoms with van der Waals surface area (Å²) in [4.78, 5) is 2.13. The van der Waals surface area contributed by atoms with Gasteiger partial charge in [-0.15, -0.1) is 0 Å². The first-order chi connectivity index (χ1) is 8.43. The Hall–Kier alpha value is -1.07. The number of rotatable bonds is 5. The molecule has 1 aromatic rings. The van der Waals surface area contributed by atoms with Gasteiger partial charge in [0.1, 0.15) is 0 Å². The van der Waals surface area contributed by atoms with E-state index in [4.69, 9.17) is 5.73 Å². The minimum atomic E-state index is -4.29. The minimum absolute atomic E-state index is 0.0257. The molecule has 0 aromatic heterocycles. The van der Waals surface area contributed by atoms with Crippen molar-refractivity contribution in [2.24, 2.45) is 5.73 Å². The SMILES string of the molecule is CCN(CC)C(CN)c1ccc(C(F)(F)F)cc1. The van der Waals surface area contributed by atoms with E-state index in [-0.39, 0.29) is 6.04 Å². The van der Waals surface area contributed by atoms with E-state index in [0.717, 1.165) is 30.8 Å². The molecule has 0 saturated heterocycles. The summed E-state index contributed by atoms with van der Waals surface area (Å²) in [6, 6.07) is 5.22. The van der Waals surface area contributed by atoms with Crippen LogP contribution in [0.2, 0.25) is 0 Å². The number of hydrogen-bond acceptors (Lipinski definition) is 2. The van der Waals surface area contributed by atoms with Crippen LogP contribution in [0.3, 0.4) is 0 Å². The van der Waals surface area contributed by atoms with Crippen LogP contribution in [0.1, 0.15) is 31.0 Å². The highest BCUT2D eigenvalue weighted by atomic mass is 19.4. The van der Waals surface area contributed by atoms with Gasteiger partial charge in [0.2, 0.25) is 0 Å². The van der Waals surface area contributed by atoms with E-state index >= 15 is 0 Å². The normalized spacial score (nSPS) is 13.9. The summed E-state index contributed by atoms with van der Waals surface area (Å²) in [7, 11) is 0. The maximum atomic E-state index is 12.5. The van der Waals surface area contributed by atoms with Crippen LogP contribution in [0.4, 0.5) is 13.2 Å². The van der Waals surface area contributed by atoms with E-state index in [1.165, 1.54) is 12.1 Å². The van der Waals surface area contributed by atoms with Gasteiger partial charge in [-0.05, 0) is 30.8 Å². The molecule has 2 nitrogen and oxygen atoms in total. The molecule has 5 heteroatoms. The monoisotopic (exact) mass is 260 g/mol. The van der Waals surface area contributed by atoms with Crippen molar-refractivity contribution in [1.82, 2.24) is 4.90 Å². The summed E-state index contributed by atoms with van der Waals surface area (Å²) < 4.78 is 37.4. The number of likely N-dealkylation sites (N-methyl/N-ethyl adjacent to an activating group) is 1. The lowest BCUT2D eigenvalue weighted by atomic mass is 10.0. The van der Waals surface area contributed by atoms with Gasteiger partial charge in [-0.25, -0.2) is 0 Å². The van der Waals surface area contributed by atoms with Gasteiger partial charge in [-0.3, -0.25) is 4.90 Å². The van der Waals surface area contributed by atoms with Gasteiger partial charge >= 0.3 is 6.18 Å². The molecular weight excluding hydrogens is 241 g/mol. The Kier molecular flexibility index (Phi) is 5.16. The summed E-state index contributed by atoms with van der Waals surface area (Å²) in [6.07, 6.45) is -4.29. The van der Waals surface area contributed by atoms with Crippen LogP contribution in [-0.4, -0.2) is 24.5 Å². The number of halogens is 3. The Morgan fingerprint density at radius 1 is 1.11 bits per heavy atom. The maximum absolute atomic E-state index is 12.5. The molecule has 18 heavy (non-hydrogen) atoms. The molecular formula is C13H19F3N2. The van der Waals surface area contributed by atoms with Crippen molar-refractivity contribution in [2.45, 2.75) is 26.1 Å². The van der Waals surface area contributed by atoms with Crippen molar-refractivity contribution in [2.75, 3.05) is 19.6 Å². The predicted molar refractivity (Wildman–Crippen MR) is 66.2 cm³/mol. The Labute approximate surface area is 106 Å². The van der Waals surface area contributed by atoms with Gasteiger partial charge in [0.05, 0.1) is 5.56 Å². The highest BCUT2D eigenvalue weighted by Gasteiger charge is 2.30. The third-order valence-corrected chi connectivity index (χ3v) is 3.10. The molecule has 2 N–H and O–H groups in total. The van der Waals surface area contributed by atoms with Crippen LogP contribution in [-0.2, 0) is 6.18 Å². The lowest BCUT2D eigenvalue weighted by Crippen LogP contribution is -2.33. The van der Waals surface area contributed by atoms with Gasteiger partial charge in [0.25, 0.3) is 0 Å². The molecule has 0 amide bonds. The zero-order valence-electron chi connectivity index (χ0n) is 10.7. The Balaban J connectivity index is 2.95. The number of alkyl halides is 3. The van der Waals surface area contributed by atoms with Gasteiger partial charge in [-0.2, -0.15) is 13.2 Å². The van der Waals surface area contributed by atoms with E-state index in [1.807, 2.05) is 13.8 Å². The molecule has 1 rings (SSSR count). The number of hydrogen-bond donors (Lipinski definition) is 1. The first-order valence-corrected chi connectivity index (χ1v) is 6.05. The fourth-order valence-electron chi connectivity index (χ4n) is 2.05.